The van der Waals surface area contributed by atoms with Gasteiger partial charge in [-0.1, -0.05) is 25.1 Å². The van der Waals surface area contributed by atoms with Gasteiger partial charge in [0.2, 0.25) is 0 Å². The van der Waals surface area contributed by atoms with E-state index in [4.69, 9.17) is 0 Å². The van der Waals surface area contributed by atoms with Gasteiger partial charge >= 0.3 is 0 Å². The fourth-order valence-corrected chi connectivity index (χ4v) is 2.96. The minimum absolute atomic E-state index is 0.0966. The summed E-state index contributed by atoms with van der Waals surface area (Å²) in [5.74, 6) is 0.359. The van der Waals surface area contributed by atoms with Gasteiger partial charge in [-0.15, -0.1) is 0 Å². The Kier molecular flexibility index (Phi) is 4.20. The van der Waals surface area contributed by atoms with Crippen LogP contribution in [0, 0.1) is 5.92 Å². The van der Waals surface area contributed by atoms with Crippen molar-refractivity contribution in [3.05, 3.63) is 30.0 Å². The number of amides is 1. The Morgan fingerprint density at radius 2 is 2.14 bits per heavy atom. The van der Waals surface area contributed by atoms with Gasteiger partial charge in [0.1, 0.15) is 0 Å². The third-order valence-electron chi connectivity index (χ3n) is 4.07. The first-order valence-corrected chi connectivity index (χ1v) is 7.67. The van der Waals surface area contributed by atoms with Crippen LogP contribution in [0.15, 0.2) is 24.3 Å². The van der Waals surface area contributed by atoms with E-state index >= 15 is 0 Å². The lowest BCUT2D eigenvalue weighted by atomic mass is 10.1. The molecule has 2 N–H and O–H groups in total. The molecule has 1 aliphatic rings. The summed E-state index contributed by atoms with van der Waals surface area (Å²) in [6, 6.07) is 7.70. The van der Waals surface area contributed by atoms with Crippen molar-refractivity contribution in [1.82, 2.24) is 20.4 Å². The summed E-state index contributed by atoms with van der Waals surface area (Å²) in [7, 11) is 0. The van der Waals surface area contributed by atoms with Gasteiger partial charge in [0.05, 0.1) is 5.52 Å². The number of nitrogens with zero attached hydrogens (tertiary/aromatic N) is 2. The molecule has 2 heterocycles. The summed E-state index contributed by atoms with van der Waals surface area (Å²) < 4.78 is 0. The van der Waals surface area contributed by atoms with Crippen molar-refractivity contribution in [2.75, 3.05) is 26.2 Å². The number of nitrogens with one attached hydrogen (secondary N) is 2. The van der Waals surface area contributed by atoms with Gasteiger partial charge < -0.3 is 10.2 Å². The summed E-state index contributed by atoms with van der Waals surface area (Å²) in [5.41, 5.74) is 1.38. The maximum atomic E-state index is 12.3. The first-order chi connectivity index (χ1) is 10.2. The van der Waals surface area contributed by atoms with Gasteiger partial charge in [0, 0.05) is 18.5 Å². The average Bonchev–Trinajstić information content (AvgIpc) is 3.13. The number of benzene rings is 1. The van der Waals surface area contributed by atoms with Crippen molar-refractivity contribution in [2.24, 2.45) is 5.92 Å². The van der Waals surface area contributed by atoms with Crippen LogP contribution in [0.3, 0.4) is 0 Å². The summed E-state index contributed by atoms with van der Waals surface area (Å²) in [4.78, 5) is 14.7. The van der Waals surface area contributed by atoms with E-state index in [1.54, 1.807) is 0 Å². The molecule has 1 fully saturated rings. The van der Waals surface area contributed by atoms with Gasteiger partial charge in [-0.25, -0.2) is 0 Å². The topological polar surface area (TPSA) is 61.0 Å². The van der Waals surface area contributed by atoms with E-state index in [1.807, 2.05) is 24.3 Å². The van der Waals surface area contributed by atoms with Crippen LogP contribution < -0.4 is 5.32 Å². The maximum Gasteiger partial charge on any atom is 0.272 e. The van der Waals surface area contributed by atoms with E-state index in [0.29, 0.717) is 18.2 Å². The number of carbonyl (C=O) groups excluding carboxylic acids is 1. The SMILES string of the molecule is CC(CNC(=O)c1n[nH]c2ccccc12)CN1CCCC1. The van der Waals surface area contributed by atoms with E-state index in [1.165, 1.54) is 25.9 Å². The Morgan fingerprint density at radius 1 is 1.38 bits per heavy atom. The molecule has 21 heavy (non-hydrogen) atoms. The van der Waals surface area contributed by atoms with Gasteiger partial charge in [0.25, 0.3) is 5.91 Å². The molecule has 1 aromatic carbocycles. The summed E-state index contributed by atoms with van der Waals surface area (Å²) in [6.07, 6.45) is 2.61. The van der Waals surface area contributed by atoms with Crippen LogP contribution in [0.2, 0.25) is 0 Å². The minimum atomic E-state index is -0.0966. The van der Waals surface area contributed by atoms with Crippen molar-refractivity contribution in [3.63, 3.8) is 0 Å². The van der Waals surface area contributed by atoms with Gasteiger partial charge in [-0.2, -0.15) is 5.10 Å². The Bertz CT molecular complexity index is 616. The Labute approximate surface area is 124 Å². The number of para-hydroxylation sites is 1. The van der Waals surface area contributed by atoms with Gasteiger partial charge in [-0.3, -0.25) is 9.89 Å². The first-order valence-electron chi connectivity index (χ1n) is 7.67. The molecule has 3 rings (SSSR count). The molecular formula is C16H22N4O. The second kappa shape index (κ2) is 6.26. The molecule has 1 saturated heterocycles. The molecule has 5 heteroatoms. The summed E-state index contributed by atoms with van der Waals surface area (Å²) >= 11 is 0. The molecule has 0 radical (unpaired) electrons. The smallest absolute Gasteiger partial charge is 0.272 e. The third-order valence-corrected chi connectivity index (χ3v) is 4.07. The number of rotatable bonds is 5. The molecule has 5 nitrogen and oxygen atoms in total. The number of likely N-dealkylation sites (tertiary alicyclic amines) is 1. The molecule has 1 aliphatic heterocycles. The highest BCUT2D eigenvalue weighted by molar-refractivity contribution is 6.04. The second-order valence-electron chi connectivity index (χ2n) is 5.94. The second-order valence-corrected chi connectivity index (χ2v) is 5.94. The zero-order valence-electron chi connectivity index (χ0n) is 12.4. The number of fused-ring (bicyclic) bond motifs is 1. The molecular weight excluding hydrogens is 264 g/mol. The van der Waals surface area contributed by atoms with Gasteiger partial charge in [0.15, 0.2) is 5.69 Å². The Hall–Kier alpha value is -1.88. The Morgan fingerprint density at radius 3 is 2.95 bits per heavy atom. The first kappa shape index (κ1) is 14.1. The highest BCUT2D eigenvalue weighted by atomic mass is 16.1. The summed E-state index contributed by atoms with van der Waals surface area (Å²) in [5, 5.41) is 10.9. The monoisotopic (exact) mass is 286 g/mol. The lowest BCUT2D eigenvalue weighted by Gasteiger charge is -2.20. The van der Waals surface area contributed by atoms with E-state index < -0.39 is 0 Å². The van der Waals surface area contributed by atoms with Crippen LogP contribution >= 0.6 is 0 Å². The largest absolute Gasteiger partial charge is 0.350 e. The number of hydrogen-bond acceptors (Lipinski definition) is 3. The quantitative estimate of drug-likeness (QED) is 0.884. The fourth-order valence-electron chi connectivity index (χ4n) is 2.96. The molecule has 0 aliphatic carbocycles. The number of aromatic amines is 1. The molecule has 2 aromatic rings. The number of hydrogen-bond donors (Lipinski definition) is 2. The zero-order chi connectivity index (χ0) is 14.7. The zero-order valence-corrected chi connectivity index (χ0v) is 12.4. The molecule has 1 aromatic heterocycles. The molecule has 0 saturated carbocycles. The lowest BCUT2D eigenvalue weighted by molar-refractivity contribution is 0.0941. The predicted molar refractivity (Wildman–Crippen MR) is 83.3 cm³/mol. The fraction of sp³-hybridized carbons (Fsp3) is 0.500. The van der Waals surface area contributed by atoms with Crippen LogP contribution in [0.5, 0.6) is 0 Å². The number of carbonyl (C=O) groups is 1. The minimum Gasteiger partial charge on any atom is -0.350 e. The van der Waals surface area contributed by atoms with Crippen LogP contribution in [0.1, 0.15) is 30.3 Å². The number of H-pyrrole nitrogens is 1. The van der Waals surface area contributed by atoms with E-state index in [0.717, 1.165) is 17.4 Å². The highest BCUT2D eigenvalue weighted by Crippen LogP contribution is 2.15. The van der Waals surface area contributed by atoms with Crippen LogP contribution in [-0.2, 0) is 0 Å². The molecule has 0 bridgehead atoms. The van der Waals surface area contributed by atoms with Crippen molar-refractivity contribution >= 4 is 16.8 Å². The van der Waals surface area contributed by atoms with E-state index in [2.05, 4.69) is 27.3 Å². The van der Waals surface area contributed by atoms with Gasteiger partial charge in [-0.05, 0) is 37.9 Å². The Balaban J connectivity index is 1.56. The highest BCUT2D eigenvalue weighted by Gasteiger charge is 2.17. The van der Waals surface area contributed by atoms with Crippen molar-refractivity contribution in [1.29, 1.82) is 0 Å². The third kappa shape index (κ3) is 3.24. The van der Waals surface area contributed by atoms with Crippen molar-refractivity contribution in [3.8, 4) is 0 Å². The molecule has 1 unspecified atom stereocenters. The van der Waals surface area contributed by atoms with Crippen LogP contribution in [-0.4, -0.2) is 47.2 Å². The average molecular weight is 286 g/mol. The standard InChI is InChI=1S/C16H22N4O/c1-12(11-20-8-4-5-9-20)10-17-16(21)15-13-6-2-3-7-14(13)18-19-15/h2-3,6-7,12H,4-5,8-11H2,1H3,(H,17,21)(H,18,19). The molecule has 112 valence electrons. The summed E-state index contributed by atoms with van der Waals surface area (Å²) in [6.45, 7) is 6.32. The molecule has 0 spiro atoms. The number of aromatic nitrogens is 2. The van der Waals surface area contributed by atoms with E-state index in [-0.39, 0.29) is 5.91 Å². The van der Waals surface area contributed by atoms with Crippen molar-refractivity contribution < 1.29 is 4.79 Å². The van der Waals surface area contributed by atoms with Crippen LogP contribution in [0.25, 0.3) is 10.9 Å². The maximum absolute atomic E-state index is 12.3. The van der Waals surface area contributed by atoms with Crippen molar-refractivity contribution in [2.45, 2.75) is 19.8 Å². The lowest BCUT2D eigenvalue weighted by Crippen LogP contribution is -2.34. The normalized spacial score (nSPS) is 17.2. The molecule has 1 amide bonds. The predicted octanol–water partition coefficient (Wildman–Crippen LogP) is 2.02. The van der Waals surface area contributed by atoms with E-state index in [9.17, 15) is 4.79 Å². The molecule has 1 atom stereocenters. The van der Waals surface area contributed by atoms with Crippen LogP contribution in [0.4, 0.5) is 0 Å².